The maximum Gasteiger partial charge on any atom is 0.224 e. The zero-order valence-corrected chi connectivity index (χ0v) is 9.02. The Kier molecular flexibility index (Phi) is 2.37. The zero-order valence-electron chi connectivity index (χ0n) is 9.02. The van der Waals surface area contributed by atoms with E-state index in [0.29, 0.717) is 0 Å². The Hall–Kier alpha value is -1.91. The highest BCUT2D eigenvalue weighted by atomic mass is 15.3. The third-order valence-corrected chi connectivity index (χ3v) is 2.32. The van der Waals surface area contributed by atoms with E-state index in [1.54, 1.807) is 6.20 Å². The van der Waals surface area contributed by atoms with Gasteiger partial charge in [0.05, 0.1) is 0 Å². The number of rotatable bonds is 2. The summed E-state index contributed by atoms with van der Waals surface area (Å²) < 4.78 is 1.88. The second-order valence-corrected chi connectivity index (χ2v) is 3.33. The maximum atomic E-state index is 4.31. The van der Waals surface area contributed by atoms with Crippen molar-refractivity contribution in [1.29, 1.82) is 0 Å². The molecule has 0 aromatic carbocycles. The van der Waals surface area contributed by atoms with Crippen LogP contribution in [0.25, 0.3) is 11.5 Å². The molecule has 2 aromatic rings. The summed E-state index contributed by atoms with van der Waals surface area (Å²) in [5.74, 6) is 1.51. The molecule has 0 atom stereocenters. The molecule has 15 heavy (non-hydrogen) atoms. The summed E-state index contributed by atoms with van der Waals surface area (Å²) in [4.78, 5) is 4.31. The van der Waals surface area contributed by atoms with Gasteiger partial charge in [-0.15, -0.1) is 10.2 Å². The fourth-order valence-electron chi connectivity index (χ4n) is 1.47. The van der Waals surface area contributed by atoms with Gasteiger partial charge in [-0.05, 0) is 18.6 Å². The summed E-state index contributed by atoms with van der Waals surface area (Å²) in [5.41, 5.74) is 1.96. The van der Waals surface area contributed by atoms with Crippen molar-refractivity contribution in [3.63, 3.8) is 0 Å². The second-order valence-electron chi connectivity index (χ2n) is 3.33. The number of nitrogens with zero attached hydrogens (tertiary/aromatic N) is 4. The molecule has 0 radical (unpaired) electrons. The molecule has 0 aliphatic carbocycles. The molecule has 0 amide bonds. The Balaban J connectivity index is 2.55. The summed E-state index contributed by atoms with van der Waals surface area (Å²) >= 11 is 0. The van der Waals surface area contributed by atoms with Crippen LogP contribution in [0, 0.1) is 6.92 Å². The van der Waals surface area contributed by atoms with Crippen LogP contribution in [0.1, 0.15) is 5.56 Å². The first-order valence-electron chi connectivity index (χ1n) is 4.73. The first kappa shape index (κ1) is 9.64. The Morgan fingerprint density at radius 2 is 2.13 bits per heavy atom. The lowest BCUT2D eigenvalue weighted by Crippen LogP contribution is -2.01. The van der Waals surface area contributed by atoms with Crippen LogP contribution in [-0.2, 0) is 7.05 Å². The van der Waals surface area contributed by atoms with Crippen molar-refractivity contribution in [3.8, 4) is 11.5 Å². The summed E-state index contributed by atoms with van der Waals surface area (Å²) in [6, 6.07) is 3.92. The normalized spacial score (nSPS) is 10.3. The molecule has 0 saturated heterocycles. The van der Waals surface area contributed by atoms with E-state index >= 15 is 0 Å². The Morgan fingerprint density at radius 1 is 1.33 bits per heavy atom. The number of hydrogen-bond donors (Lipinski definition) is 1. The highest BCUT2D eigenvalue weighted by molar-refractivity contribution is 5.56. The predicted octanol–water partition coefficient (Wildman–Crippen LogP) is 1.23. The van der Waals surface area contributed by atoms with Crippen LogP contribution in [0.4, 0.5) is 5.95 Å². The number of hydrogen-bond acceptors (Lipinski definition) is 4. The number of anilines is 1. The molecule has 5 nitrogen and oxygen atoms in total. The van der Waals surface area contributed by atoms with Crippen LogP contribution in [0.5, 0.6) is 0 Å². The molecule has 0 spiro atoms. The standard InChI is InChI=1S/C10H13N5/c1-7-5-4-6-12-8(7)9-13-14-10(11-2)15(9)3/h4-6H,1-3H3,(H,11,14). The van der Waals surface area contributed by atoms with E-state index in [-0.39, 0.29) is 0 Å². The fraction of sp³-hybridized carbons (Fsp3) is 0.300. The van der Waals surface area contributed by atoms with Gasteiger partial charge in [-0.2, -0.15) is 0 Å². The topological polar surface area (TPSA) is 55.6 Å². The highest BCUT2D eigenvalue weighted by Crippen LogP contribution is 2.19. The number of nitrogens with one attached hydrogen (secondary N) is 1. The van der Waals surface area contributed by atoms with Gasteiger partial charge >= 0.3 is 0 Å². The minimum atomic E-state index is 0.732. The predicted molar refractivity (Wildman–Crippen MR) is 58.5 cm³/mol. The third kappa shape index (κ3) is 1.56. The lowest BCUT2D eigenvalue weighted by molar-refractivity contribution is 0.917. The number of aryl methyl sites for hydroxylation is 1. The monoisotopic (exact) mass is 203 g/mol. The van der Waals surface area contributed by atoms with Crippen LogP contribution >= 0.6 is 0 Å². The van der Waals surface area contributed by atoms with Crippen molar-refractivity contribution in [3.05, 3.63) is 23.9 Å². The van der Waals surface area contributed by atoms with Crippen molar-refractivity contribution in [2.75, 3.05) is 12.4 Å². The molecule has 0 bridgehead atoms. The minimum Gasteiger partial charge on any atom is -0.357 e. The zero-order chi connectivity index (χ0) is 10.8. The number of pyridine rings is 1. The molecule has 0 unspecified atom stereocenters. The van der Waals surface area contributed by atoms with Crippen LogP contribution < -0.4 is 5.32 Å². The summed E-state index contributed by atoms with van der Waals surface area (Å²) in [7, 11) is 3.73. The van der Waals surface area contributed by atoms with Crippen LogP contribution in [-0.4, -0.2) is 26.8 Å². The van der Waals surface area contributed by atoms with E-state index in [2.05, 4.69) is 20.5 Å². The van der Waals surface area contributed by atoms with E-state index in [0.717, 1.165) is 23.0 Å². The minimum absolute atomic E-state index is 0.732. The van der Waals surface area contributed by atoms with Gasteiger partial charge in [-0.25, -0.2) is 0 Å². The van der Waals surface area contributed by atoms with E-state index in [1.807, 2.05) is 37.7 Å². The molecule has 5 heteroatoms. The van der Waals surface area contributed by atoms with Gasteiger partial charge in [0.2, 0.25) is 5.95 Å². The first-order valence-corrected chi connectivity index (χ1v) is 4.73. The van der Waals surface area contributed by atoms with Gasteiger partial charge in [-0.3, -0.25) is 9.55 Å². The van der Waals surface area contributed by atoms with Crippen molar-refractivity contribution in [2.24, 2.45) is 7.05 Å². The summed E-state index contributed by atoms with van der Waals surface area (Å²) in [6.45, 7) is 2.01. The molecule has 0 aliphatic heterocycles. The molecule has 0 saturated carbocycles. The smallest absolute Gasteiger partial charge is 0.224 e. The molecular formula is C10H13N5. The summed E-state index contributed by atoms with van der Waals surface area (Å²) in [5, 5.41) is 11.1. The van der Waals surface area contributed by atoms with Crippen molar-refractivity contribution < 1.29 is 0 Å². The quantitative estimate of drug-likeness (QED) is 0.797. The first-order chi connectivity index (χ1) is 7.24. The van der Waals surface area contributed by atoms with E-state index in [4.69, 9.17) is 0 Å². The summed E-state index contributed by atoms with van der Waals surface area (Å²) in [6.07, 6.45) is 1.76. The lowest BCUT2D eigenvalue weighted by Gasteiger charge is -2.04. The van der Waals surface area contributed by atoms with Crippen molar-refractivity contribution in [1.82, 2.24) is 19.7 Å². The van der Waals surface area contributed by atoms with Gasteiger partial charge in [0.25, 0.3) is 0 Å². The van der Waals surface area contributed by atoms with Crippen molar-refractivity contribution >= 4 is 5.95 Å². The molecule has 2 aromatic heterocycles. The van der Waals surface area contributed by atoms with Crippen LogP contribution in [0.3, 0.4) is 0 Å². The van der Waals surface area contributed by atoms with Gasteiger partial charge in [0.15, 0.2) is 5.82 Å². The van der Waals surface area contributed by atoms with Crippen molar-refractivity contribution in [2.45, 2.75) is 6.92 Å². The van der Waals surface area contributed by atoms with Crippen LogP contribution in [0.15, 0.2) is 18.3 Å². The average molecular weight is 203 g/mol. The lowest BCUT2D eigenvalue weighted by atomic mass is 10.2. The average Bonchev–Trinajstić information content (AvgIpc) is 2.60. The molecule has 2 rings (SSSR count). The molecular weight excluding hydrogens is 190 g/mol. The SMILES string of the molecule is CNc1nnc(-c2ncccc2C)n1C. The largest absolute Gasteiger partial charge is 0.357 e. The Labute approximate surface area is 88.2 Å². The molecule has 0 fully saturated rings. The molecule has 1 N–H and O–H groups in total. The maximum absolute atomic E-state index is 4.31. The molecule has 0 aliphatic rings. The van der Waals surface area contributed by atoms with E-state index in [9.17, 15) is 0 Å². The third-order valence-electron chi connectivity index (χ3n) is 2.32. The van der Waals surface area contributed by atoms with Gasteiger partial charge < -0.3 is 5.32 Å². The van der Waals surface area contributed by atoms with E-state index in [1.165, 1.54) is 0 Å². The van der Waals surface area contributed by atoms with Gasteiger partial charge in [0, 0.05) is 20.3 Å². The molecule has 2 heterocycles. The van der Waals surface area contributed by atoms with E-state index < -0.39 is 0 Å². The van der Waals surface area contributed by atoms with Crippen LogP contribution in [0.2, 0.25) is 0 Å². The fourth-order valence-corrected chi connectivity index (χ4v) is 1.47. The van der Waals surface area contributed by atoms with Gasteiger partial charge in [-0.1, -0.05) is 6.07 Å². The number of aromatic nitrogens is 4. The Morgan fingerprint density at radius 3 is 2.73 bits per heavy atom. The second kappa shape index (κ2) is 3.68. The van der Waals surface area contributed by atoms with Gasteiger partial charge in [0.1, 0.15) is 5.69 Å². The molecule has 78 valence electrons. The highest BCUT2D eigenvalue weighted by Gasteiger charge is 2.12. The Bertz CT molecular complexity index is 474.